The molecule has 0 aromatic carbocycles. The number of hydrogen-bond donors (Lipinski definition) is 3. The van der Waals surface area contributed by atoms with E-state index in [0.29, 0.717) is 6.04 Å². The number of alkyl halides is 2. The SMILES string of the molecule is NC(=NCC(=O)NCC(F)F)NC1CCCC1. The molecule has 1 aliphatic rings. The predicted molar refractivity (Wildman–Crippen MR) is 60.9 cm³/mol. The van der Waals surface area contributed by atoms with Crippen LogP contribution in [-0.2, 0) is 4.79 Å². The second-order valence-electron chi connectivity index (χ2n) is 4.02. The van der Waals surface area contributed by atoms with Crippen LogP contribution in [0.3, 0.4) is 0 Å². The molecule has 0 saturated heterocycles. The first-order chi connectivity index (χ1) is 8.08. The van der Waals surface area contributed by atoms with Gasteiger partial charge in [0, 0.05) is 6.04 Å². The van der Waals surface area contributed by atoms with Gasteiger partial charge in [0.25, 0.3) is 6.43 Å². The summed E-state index contributed by atoms with van der Waals surface area (Å²) in [5.74, 6) is -0.356. The molecule has 1 rings (SSSR count). The van der Waals surface area contributed by atoms with Crippen molar-refractivity contribution in [2.75, 3.05) is 13.1 Å². The maximum atomic E-state index is 11.8. The third-order valence-electron chi connectivity index (χ3n) is 2.55. The van der Waals surface area contributed by atoms with Crippen LogP contribution in [0.2, 0.25) is 0 Å². The Morgan fingerprint density at radius 2 is 2.06 bits per heavy atom. The van der Waals surface area contributed by atoms with E-state index in [4.69, 9.17) is 5.73 Å². The Bertz CT molecular complexity index is 277. The molecule has 4 N–H and O–H groups in total. The van der Waals surface area contributed by atoms with Crippen LogP contribution in [-0.4, -0.2) is 37.4 Å². The maximum Gasteiger partial charge on any atom is 0.255 e. The molecule has 5 nitrogen and oxygen atoms in total. The summed E-state index contributed by atoms with van der Waals surface area (Å²) in [5, 5.41) is 5.05. The number of amides is 1. The molecular weight excluding hydrogens is 230 g/mol. The second kappa shape index (κ2) is 7.03. The Labute approximate surface area is 98.8 Å². The van der Waals surface area contributed by atoms with Crippen molar-refractivity contribution < 1.29 is 13.6 Å². The van der Waals surface area contributed by atoms with E-state index in [1.807, 2.05) is 0 Å². The quantitative estimate of drug-likeness (QED) is 0.481. The van der Waals surface area contributed by atoms with Crippen LogP contribution in [0.15, 0.2) is 4.99 Å². The molecule has 0 bridgehead atoms. The number of nitrogens with one attached hydrogen (secondary N) is 2. The predicted octanol–water partition coefficient (Wildman–Crippen LogP) is 0.215. The Hall–Kier alpha value is -1.40. The molecule has 0 heterocycles. The van der Waals surface area contributed by atoms with Gasteiger partial charge in [0.15, 0.2) is 5.96 Å². The summed E-state index contributed by atoms with van der Waals surface area (Å²) in [6, 6.07) is 0.322. The molecule has 1 aliphatic carbocycles. The van der Waals surface area contributed by atoms with Gasteiger partial charge >= 0.3 is 0 Å². The highest BCUT2D eigenvalue weighted by Crippen LogP contribution is 2.17. The van der Waals surface area contributed by atoms with Gasteiger partial charge in [-0.15, -0.1) is 0 Å². The summed E-state index contributed by atoms with van der Waals surface area (Å²) in [6.07, 6.45) is 1.89. The summed E-state index contributed by atoms with van der Waals surface area (Å²) in [5.41, 5.74) is 5.57. The van der Waals surface area contributed by atoms with Crippen LogP contribution < -0.4 is 16.4 Å². The molecule has 17 heavy (non-hydrogen) atoms. The number of hydrogen-bond acceptors (Lipinski definition) is 2. The number of rotatable bonds is 5. The summed E-state index contributed by atoms with van der Waals surface area (Å²) >= 11 is 0. The largest absolute Gasteiger partial charge is 0.370 e. The Morgan fingerprint density at radius 3 is 2.65 bits per heavy atom. The molecule has 98 valence electrons. The van der Waals surface area contributed by atoms with Crippen molar-refractivity contribution in [2.45, 2.75) is 38.2 Å². The van der Waals surface area contributed by atoms with Crippen molar-refractivity contribution in [3.05, 3.63) is 0 Å². The number of carbonyl (C=O) groups is 1. The Balaban J connectivity index is 2.19. The molecule has 0 spiro atoms. The minimum absolute atomic E-state index is 0.198. The number of guanidine groups is 1. The van der Waals surface area contributed by atoms with E-state index in [1.165, 1.54) is 12.8 Å². The van der Waals surface area contributed by atoms with Crippen molar-refractivity contribution in [2.24, 2.45) is 10.7 Å². The summed E-state index contributed by atoms with van der Waals surface area (Å²) in [7, 11) is 0. The van der Waals surface area contributed by atoms with Crippen LogP contribution in [0.4, 0.5) is 8.78 Å². The number of nitrogens with zero attached hydrogens (tertiary/aromatic N) is 1. The van der Waals surface area contributed by atoms with Crippen LogP contribution in [0, 0.1) is 0 Å². The lowest BCUT2D eigenvalue weighted by molar-refractivity contribution is -0.120. The van der Waals surface area contributed by atoms with Gasteiger partial charge in [-0.2, -0.15) is 0 Å². The second-order valence-corrected chi connectivity index (χ2v) is 4.02. The van der Waals surface area contributed by atoms with Crippen LogP contribution in [0.25, 0.3) is 0 Å². The molecule has 0 unspecified atom stereocenters. The number of halogens is 2. The van der Waals surface area contributed by atoms with Gasteiger partial charge < -0.3 is 16.4 Å². The molecule has 1 saturated carbocycles. The van der Waals surface area contributed by atoms with Crippen molar-refractivity contribution >= 4 is 11.9 Å². The minimum Gasteiger partial charge on any atom is -0.370 e. The Kier molecular flexibility index (Phi) is 5.65. The van der Waals surface area contributed by atoms with Crippen LogP contribution >= 0.6 is 0 Å². The van der Waals surface area contributed by atoms with Gasteiger partial charge in [-0.05, 0) is 12.8 Å². The van der Waals surface area contributed by atoms with Gasteiger partial charge in [-0.3, -0.25) is 4.79 Å². The van der Waals surface area contributed by atoms with Crippen LogP contribution in [0.5, 0.6) is 0 Å². The lowest BCUT2D eigenvalue weighted by Crippen LogP contribution is -2.39. The van der Waals surface area contributed by atoms with E-state index >= 15 is 0 Å². The monoisotopic (exact) mass is 248 g/mol. The molecule has 0 aromatic heterocycles. The molecule has 1 fully saturated rings. The van der Waals surface area contributed by atoms with E-state index in [1.54, 1.807) is 0 Å². The summed E-state index contributed by atoms with van der Waals surface area (Å²) in [6.45, 7) is -0.872. The average Bonchev–Trinajstić information content (AvgIpc) is 2.76. The van der Waals surface area contributed by atoms with Gasteiger partial charge in [-0.25, -0.2) is 13.8 Å². The zero-order valence-corrected chi connectivity index (χ0v) is 9.59. The third-order valence-corrected chi connectivity index (χ3v) is 2.55. The van der Waals surface area contributed by atoms with Crippen molar-refractivity contribution in [1.29, 1.82) is 0 Å². The number of carbonyl (C=O) groups excluding carboxylic acids is 1. The highest BCUT2D eigenvalue weighted by atomic mass is 19.3. The van der Waals surface area contributed by atoms with E-state index in [0.717, 1.165) is 12.8 Å². The van der Waals surface area contributed by atoms with E-state index in [2.05, 4.69) is 15.6 Å². The van der Waals surface area contributed by atoms with Crippen molar-refractivity contribution in [3.8, 4) is 0 Å². The summed E-state index contributed by atoms with van der Waals surface area (Å²) in [4.78, 5) is 14.8. The molecule has 1 amide bonds. The molecular formula is C10H18F2N4O. The zero-order chi connectivity index (χ0) is 12.7. The number of aliphatic imine (C=N–C) groups is 1. The van der Waals surface area contributed by atoms with E-state index < -0.39 is 18.9 Å². The Morgan fingerprint density at radius 1 is 1.41 bits per heavy atom. The van der Waals surface area contributed by atoms with Gasteiger partial charge in [0.2, 0.25) is 5.91 Å². The lowest BCUT2D eigenvalue weighted by atomic mass is 10.2. The zero-order valence-electron chi connectivity index (χ0n) is 9.59. The third kappa shape index (κ3) is 6.03. The normalized spacial score (nSPS) is 17.5. The fraction of sp³-hybridized carbons (Fsp3) is 0.800. The van der Waals surface area contributed by atoms with Crippen molar-refractivity contribution in [3.63, 3.8) is 0 Å². The molecule has 0 radical (unpaired) electrons. The summed E-state index contributed by atoms with van der Waals surface area (Å²) < 4.78 is 23.6. The lowest BCUT2D eigenvalue weighted by Gasteiger charge is -2.12. The topological polar surface area (TPSA) is 79.5 Å². The highest BCUT2D eigenvalue weighted by molar-refractivity contribution is 5.84. The van der Waals surface area contributed by atoms with E-state index in [9.17, 15) is 13.6 Å². The van der Waals surface area contributed by atoms with Crippen LogP contribution in [0.1, 0.15) is 25.7 Å². The smallest absolute Gasteiger partial charge is 0.255 e. The molecule has 7 heteroatoms. The first kappa shape index (κ1) is 13.7. The highest BCUT2D eigenvalue weighted by Gasteiger charge is 2.14. The molecule has 0 aliphatic heterocycles. The minimum atomic E-state index is -2.54. The standard InChI is InChI=1S/C10H18F2N4O/c11-8(12)5-14-9(17)6-15-10(13)16-7-3-1-2-4-7/h7-8H,1-6H2,(H,14,17)(H3,13,15,16). The first-order valence-corrected chi connectivity index (χ1v) is 5.69. The van der Waals surface area contributed by atoms with E-state index in [-0.39, 0.29) is 12.5 Å². The maximum absolute atomic E-state index is 11.8. The molecule has 0 atom stereocenters. The fourth-order valence-corrected chi connectivity index (χ4v) is 1.73. The van der Waals surface area contributed by atoms with Gasteiger partial charge in [0.05, 0.1) is 6.54 Å². The van der Waals surface area contributed by atoms with Gasteiger partial charge in [0.1, 0.15) is 6.54 Å². The molecule has 0 aromatic rings. The fourth-order valence-electron chi connectivity index (χ4n) is 1.73. The van der Waals surface area contributed by atoms with Gasteiger partial charge in [-0.1, -0.05) is 12.8 Å². The first-order valence-electron chi connectivity index (χ1n) is 5.69. The number of nitrogens with two attached hydrogens (primary N) is 1. The average molecular weight is 248 g/mol. The van der Waals surface area contributed by atoms with Crippen molar-refractivity contribution in [1.82, 2.24) is 10.6 Å².